The first-order valence-corrected chi connectivity index (χ1v) is 15.3. The zero-order valence-corrected chi connectivity index (χ0v) is 26.0. The Morgan fingerprint density at radius 3 is 2.00 bits per heavy atom. The summed E-state index contributed by atoms with van der Waals surface area (Å²) in [6, 6.07) is 30.4. The summed E-state index contributed by atoms with van der Waals surface area (Å²) in [7, 11) is 0. The molecule has 0 fully saturated rings. The molecule has 8 heteroatoms. The number of non-ortho nitro benzene ring substituents is 1. The quantitative estimate of drug-likeness (QED) is 0.0591. The first-order chi connectivity index (χ1) is 22.5. The standard InChI is InChI=1S/C39H30FNO6/c1-38(2,3)36(42)29-20-21-32(47-37(43)23-12-14-24(40)15-13-23)35-34(29)33-27-8-4-6-10-30(27)39(35,31-11-7-5-9-28(31)33)22-46-26-18-16-25(17-19-26)41(44)45/h4-21,33H,22H2,1-3H3. The van der Waals surface area contributed by atoms with Crippen molar-refractivity contribution in [3.63, 3.8) is 0 Å². The van der Waals surface area contributed by atoms with Gasteiger partial charge in [-0.2, -0.15) is 0 Å². The second-order valence-electron chi connectivity index (χ2n) is 12.9. The third-order valence-electron chi connectivity index (χ3n) is 9.10. The molecule has 47 heavy (non-hydrogen) atoms. The molecule has 0 unspecified atom stereocenters. The number of benzene rings is 5. The van der Waals surface area contributed by atoms with E-state index in [1.807, 2.05) is 57.2 Å². The number of nitro benzene ring substituents is 1. The highest BCUT2D eigenvalue weighted by atomic mass is 19.1. The lowest BCUT2D eigenvalue weighted by Crippen LogP contribution is -2.47. The van der Waals surface area contributed by atoms with E-state index in [0.29, 0.717) is 16.9 Å². The van der Waals surface area contributed by atoms with Gasteiger partial charge in [-0.25, -0.2) is 9.18 Å². The average molecular weight is 628 g/mol. The zero-order chi connectivity index (χ0) is 33.1. The molecule has 5 aromatic rings. The van der Waals surface area contributed by atoms with E-state index in [-0.39, 0.29) is 35.3 Å². The van der Waals surface area contributed by atoms with Crippen LogP contribution in [0.15, 0.2) is 109 Å². The third-order valence-corrected chi connectivity index (χ3v) is 9.10. The number of ether oxygens (including phenoxy) is 2. The fourth-order valence-corrected chi connectivity index (χ4v) is 7.02. The Bertz CT molecular complexity index is 2030. The van der Waals surface area contributed by atoms with Crippen molar-refractivity contribution in [2.45, 2.75) is 32.1 Å². The first-order valence-electron chi connectivity index (χ1n) is 15.3. The van der Waals surface area contributed by atoms with Crippen LogP contribution in [0.5, 0.6) is 11.5 Å². The molecule has 0 amide bonds. The first kappa shape index (κ1) is 30.0. The monoisotopic (exact) mass is 627 g/mol. The van der Waals surface area contributed by atoms with E-state index in [1.165, 1.54) is 36.4 Å². The highest BCUT2D eigenvalue weighted by Crippen LogP contribution is 2.62. The van der Waals surface area contributed by atoms with Gasteiger partial charge in [-0.1, -0.05) is 69.3 Å². The van der Waals surface area contributed by atoms with Crippen molar-refractivity contribution in [2.75, 3.05) is 6.61 Å². The van der Waals surface area contributed by atoms with Crippen molar-refractivity contribution in [1.82, 2.24) is 0 Å². The van der Waals surface area contributed by atoms with Crippen molar-refractivity contribution in [3.05, 3.63) is 170 Å². The molecule has 0 aromatic heterocycles. The maximum absolute atomic E-state index is 14.2. The molecule has 3 aliphatic rings. The summed E-state index contributed by atoms with van der Waals surface area (Å²) in [5.41, 5.74) is 4.18. The molecule has 7 nitrogen and oxygen atoms in total. The summed E-state index contributed by atoms with van der Waals surface area (Å²) < 4.78 is 26.4. The smallest absolute Gasteiger partial charge is 0.343 e. The van der Waals surface area contributed by atoms with Crippen LogP contribution in [0.25, 0.3) is 0 Å². The van der Waals surface area contributed by atoms with E-state index in [4.69, 9.17) is 9.47 Å². The van der Waals surface area contributed by atoms with Gasteiger partial charge in [0, 0.05) is 34.6 Å². The van der Waals surface area contributed by atoms with Gasteiger partial charge in [0.05, 0.1) is 15.9 Å². The Morgan fingerprint density at radius 1 is 0.830 bits per heavy atom. The number of rotatable bonds is 7. The highest BCUT2D eigenvalue weighted by molar-refractivity contribution is 6.03. The Morgan fingerprint density at radius 2 is 1.43 bits per heavy atom. The maximum atomic E-state index is 14.2. The minimum absolute atomic E-state index is 0.0345. The second kappa shape index (κ2) is 11.0. The molecule has 0 aliphatic heterocycles. The van der Waals surface area contributed by atoms with Crippen molar-refractivity contribution < 1.29 is 28.4 Å². The van der Waals surface area contributed by atoms with Gasteiger partial charge in [0.1, 0.15) is 23.9 Å². The summed E-state index contributed by atoms with van der Waals surface area (Å²) in [5, 5.41) is 11.3. The predicted molar refractivity (Wildman–Crippen MR) is 174 cm³/mol. The molecule has 0 spiro atoms. The average Bonchev–Trinajstić information content (AvgIpc) is 3.07. The second-order valence-corrected chi connectivity index (χ2v) is 12.9. The lowest BCUT2D eigenvalue weighted by molar-refractivity contribution is -0.384. The molecular formula is C39H30FNO6. The molecular weight excluding hydrogens is 597 g/mol. The summed E-state index contributed by atoms with van der Waals surface area (Å²) >= 11 is 0. The Hall–Kier alpha value is -5.63. The zero-order valence-electron chi connectivity index (χ0n) is 26.0. The molecule has 0 saturated heterocycles. The Kier molecular flexibility index (Phi) is 7.04. The molecule has 234 valence electrons. The lowest BCUT2D eigenvalue weighted by Gasteiger charge is -2.51. The van der Waals surface area contributed by atoms with Crippen LogP contribution in [0.1, 0.15) is 80.8 Å². The van der Waals surface area contributed by atoms with Gasteiger partial charge in [-0.05, 0) is 76.3 Å². The Labute approximate surface area is 270 Å². The summed E-state index contributed by atoms with van der Waals surface area (Å²) in [4.78, 5) is 38.6. The molecule has 3 aliphatic carbocycles. The van der Waals surface area contributed by atoms with E-state index >= 15 is 0 Å². The molecule has 0 saturated carbocycles. The van der Waals surface area contributed by atoms with Crippen LogP contribution in [0.4, 0.5) is 10.1 Å². The van der Waals surface area contributed by atoms with Crippen molar-refractivity contribution in [3.8, 4) is 11.5 Å². The van der Waals surface area contributed by atoms with Gasteiger partial charge >= 0.3 is 5.97 Å². The number of Topliss-reactive ketones (excluding diaryl/α,β-unsaturated/α-hetero) is 1. The van der Waals surface area contributed by atoms with Crippen LogP contribution in [0, 0.1) is 21.3 Å². The molecule has 0 heterocycles. The normalized spacial score (nSPS) is 17.2. The molecule has 0 N–H and O–H groups in total. The van der Waals surface area contributed by atoms with Crippen LogP contribution in [-0.2, 0) is 5.41 Å². The van der Waals surface area contributed by atoms with Gasteiger partial charge in [-0.15, -0.1) is 0 Å². The fourth-order valence-electron chi connectivity index (χ4n) is 7.02. The largest absolute Gasteiger partial charge is 0.492 e. The maximum Gasteiger partial charge on any atom is 0.343 e. The number of carbonyl (C=O) groups is 2. The van der Waals surface area contributed by atoms with Crippen molar-refractivity contribution >= 4 is 17.4 Å². The van der Waals surface area contributed by atoms with E-state index < -0.39 is 27.5 Å². The van der Waals surface area contributed by atoms with Gasteiger partial charge < -0.3 is 9.47 Å². The number of esters is 1. The van der Waals surface area contributed by atoms with Crippen LogP contribution >= 0.6 is 0 Å². The number of nitro groups is 1. The van der Waals surface area contributed by atoms with Crippen LogP contribution < -0.4 is 9.47 Å². The number of carbonyl (C=O) groups excluding carboxylic acids is 2. The minimum Gasteiger partial charge on any atom is -0.492 e. The highest BCUT2D eigenvalue weighted by Gasteiger charge is 2.55. The number of hydrogen-bond donors (Lipinski definition) is 0. The van der Waals surface area contributed by atoms with Gasteiger partial charge in [0.15, 0.2) is 5.78 Å². The molecule has 5 aromatic carbocycles. The lowest BCUT2D eigenvalue weighted by atomic mass is 9.52. The van der Waals surface area contributed by atoms with E-state index in [2.05, 4.69) is 12.1 Å². The van der Waals surface area contributed by atoms with Gasteiger partial charge in [0.25, 0.3) is 5.69 Å². The summed E-state index contributed by atoms with van der Waals surface area (Å²) in [6.45, 7) is 5.66. The van der Waals surface area contributed by atoms with Crippen LogP contribution in [-0.4, -0.2) is 23.3 Å². The molecule has 0 atom stereocenters. The van der Waals surface area contributed by atoms with Gasteiger partial charge in [-0.3, -0.25) is 14.9 Å². The molecule has 0 radical (unpaired) electrons. The van der Waals surface area contributed by atoms with Crippen molar-refractivity contribution in [2.24, 2.45) is 5.41 Å². The van der Waals surface area contributed by atoms with Crippen molar-refractivity contribution in [1.29, 1.82) is 0 Å². The number of ketones is 1. The van der Waals surface area contributed by atoms with Crippen LogP contribution in [0.3, 0.4) is 0 Å². The predicted octanol–water partition coefficient (Wildman–Crippen LogP) is 8.40. The minimum atomic E-state index is -1.05. The van der Waals surface area contributed by atoms with E-state index in [1.54, 1.807) is 24.3 Å². The molecule has 8 rings (SSSR count). The Balaban J connectivity index is 1.49. The van der Waals surface area contributed by atoms with Gasteiger partial charge in [0.2, 0.25) is 0 Å². The fraction of sp³-hybridized carbons (Fsp3) is 0.179. The number of hydrogen-bond acceptors (Lipinski definition) is 6. The number of halogens is 1. The van der Waals surface area contributed by atoms with E-state index in [9.17, 15) is 24.1 Å². The number of nitrogens with zero attached hydrogens (tertiary/aromatic N) is 1. The van der Waals surface area contributed by atoms with Crippen LogP contribution in [0.2, 0.25) is 0 Å². The third kappa shape index (κ3) is 4.79. The summed E-state index contributed by atoms with van der Waals surface area (Å²) in [5.74, 6) is -0.848. The SMILES string of the molecule is CC(C)(C)C(=O)c1ccc(OC(=O)c2ccc(F)cc2)c2c1C1c3ccccc3C2(COc2ccc([N+](=O)[O-])cc2)c2ccccc21. The topological polar surface area (TPSA) is 95.7 Å². The van der Waals surface area contributed by atoms with E-state index in [0.717, 1.165) is 27.8 Å². The molecule has 2 bridgehead atoms. The summed E-state index contributed by atoms with van der Waals surface area (Å²) in [6.07, 6.45) is 0.